The van der Waals surface area contributed by atoms with Crippen molar-refractivity contribution in [2.75, 3.05) is 19.1 Å². The van der Waals surface area contributed by atoms with E-state index in [1.165, 1.54) is 0 Å². The number of rotatable bonds is 8. The van der Waals surface area contributed by atoms with Gasteiger partial charge in [0.05, 0.1) is 19.8 Å². The summed E-state index contributed by atoms with van der Waals surface area (Å²) >= 11 is 0. The third-order valence-corrected chi connectivity index (χ3v) is 4.54. The van der Waals surface area contributed by atoms with Crippen molar-refractivity contribution in [3.63, 3.8) is 0 Å². The fraction of sp³-hybridized carbons (Fsp3) is 0.174. The largest absolute Gasteiger partial charge is 0.497 e. The minimum Gasteiger partial charge on any atom is -0.497 e. The summed E-state index contributed by atoms with van der Waals surface area (Å²) in [6.07, 6.45) is 0. The van der Waals surface area contributed by atoms with Gasteiger partial charge in [-0.1, -0.05) is 36.4 Å². The van der Waals surface area contributed by atoms with Crippen LogP contribution in [-0.4, -0.2) is 25.3 Å². The van der Waals surface area contributed by atoms with Crippen molar-refractivity contribution < 1.29 is 19.4 Å². The summed E-state index contributed by atoms with van der Waals surface area (Å²) in [6, 6.07) is 22.7. The standard InChI is InChI=1S/C23H23NO4/c1-27-21-12-10-17(11-13-21)15-24(16-19-6-3-4-9-22(19)28-2)20-8-5-7-18(14-20)23(25)26/h3-14H,15-16H2,1-2H3,(H,25,26). The summed E-state index contributed by atoms with van der Waals surface area (Å²) in [6.45, 7) is 1.20. The highest BCUT2D eigenvalue weighted by molar-refractivity contribution is 5.88. The first-order valence-electron chi connectivity index (χ1n) is 8.94. The minimum atomic E-state index is -0.941. The second-order valence-electron chi connectivity index (χ2n) is 6.37. The van der Waals surface area contributed by atoms with E-state index in [0.29, 0.717) is 13.1 Å². The topological polar surface area (TPSA) is 59.0 Å². The number of aromatic carboxylic acids is 1. The smallest absolute Gasteiger partial charge is 0.335 e. The molecule has 0 radical (unpaired) electrons. The fourth-order valence-corrected chi connectivity index (χ4v) is 3.06. The van der Waals surface area contributed by atoms with Crippen molar-refractivity contribution >= 4 is 11.7 Å². The Morgan fingerprint density at radius 3 is 2.32 bits per heavy atom. The first-order valence-corrected chi connectivity index (χ1v) is 8.94. The molecule has 0 unspecified atom stereocenters. The average molecular weight is 377 g/mol. The van der Waals surface area contributed by atoms with Crippen molar-refractivity contribution in [1.82, 2.24) is 0 Å². The van der Waals surface area contributed by atoms with E-state index in [1.807, 2.05) is 54.6 Å². The van der Waals surface area contributed by atoms with Crippen molar-refractivity contribution in [3.8, 4) is 11.5 Å². The van der Waals surface area contributed by atoms with Crippen molar-refractivity contribution in [3.05, 3.63) is 89.5 Å². The molecule has 5 heteroatoms. The van der Waals surface area contributed by atoms with Gasteiger partial charge in [-0.3, -0.25) is 0 Å². The van der Waals surface area contributed by atoms with Crippen LogP contribution in [0.25, 0.3) is 0 Å². The van der Waals surface area contributed by atoms with E-state index < -0.39 is 5.97 Å². The van der Waals surface area contributed by atoms with Crippen LogP contribution in [0.4, 0.5) is 5.69 Å². The number of carboxylic acids is 1. The van der Waals surface area contributed by atoms with Gasteiger partial charge in [0.1, 0.15) is 11.5 Å². The van der Waals surface area contributed by atoms with Crippen LogP contribution in [0.3, 0.4) is 0 Å². The number of nitrogens with zero attached hydrogens (tertiary/aromatic N) is 1. The number of hydrogen-bond donors (Lipinski definition) is 1. The molecule has 5 nitrogen and oxygen atoms in total. The van der Waals surface area contributed by atoms with Crippen molar-refractivity contribution in [2.45, 2.75) is 13.1 Å². The Balaban J connectivity index is 1.95. The predicted octanol–water partition coefficient (Wildman–Crippen LogP) is 4.61. The molecule has 0 spiro atoms. The van der Waals surface area contributed by atoms with E-state index in [0.717, 1.165) is 28.3 Å². The maximum atomic E-state index is 11.4. The first-order chi connectivity index (χ1) is 13.6. The maximum absolute atomic E-state index is 11.4. The molecule has 28 heavy (non-hydrogen) atoms. The molecule has 3 aromatic rings. The van der Waals surface area contributed by atoms with Gasteiger partial charge < -0.3 is 19.5 Å². The Kier molecular flexibility index (Phi) is 6.17. The van der Waals surface area contributed by atoms with Gasteiger partial charge in [-0.05, 0) is 42.0 Å². The van der Waals surface area contributed by atoms with Gasteiger partial charge in [0.25, 0.3) is 0 Å². The van der Waals surface area contributed by atoms with E-state index in [1.54, 1.807) is 32.4 Å². The van der Waals surface area contributed by atoms with Crippen LogP contribution in [0.5, 0.6) is 11.5 Å². The molecule has 0 saturated heterocycles. The Morgan fingerprint density at radius 1 is 0.893 bits per heavy atom. The van der Waals surface area contributed by atoms with Crippen LogP contribution in [0.2, 0.25) is 0 Å². The molecule has 0 aromatic heterocycles. The molecule has 3 rings (SSSR count). The Labute approximate surface area is 164 Å². The zero-order valence-corrected chi connectivity index (χ0v) is 16.0. The number of benzene rings is 3. The van der Waals surface area contributed by atoms with Crippen LogP contribution in [0, 0.1) is 0 Å². The molecule has 0 amide bonds. The Bertz CT molecular complexity index is 937. The average Bonchev–Trinajstić information content (AvgIpc) is 2.74. The second-order valence-corrected chi connectivity index (χ2v) is 6.37. The molecule has 3 aromatic carbocycles. The van der Waals surface area contributed by atoms with Crippen LogP contribution in [0.15, 0.2) is 72.8 Å². The van der Waals surface area contributed by atoms with Crippen molar-refractivity contribution in [1.29, 1.82) is 0 Å². The zero-order chi connectivity index (χ0) is 19.9. The third kappa shape index (κ3) is 4.62. The molecule has 0 saturated carbocycles. The van der Waals surface area contributed by atoms with Gasteiger partial charge >= 0.3 is 5.97 Å². The maximum Gasteiger partial charge on any atom is 0.335 e. The molecule has 144 valence electrons. The molecule has 0 aliphatic rings. The lowest BCUT2D eigenvalue weighted by Gasteiger charge is -2.26. The lowest BCUT2D eigenvalue weighted by Crippen LogP contribution is -2.22. The van der Waals surface area contributed by atoms with Gasteiger partial charge in [0, 0.05) is 24.3 Å². The molecule has 0 heterocycles. The number of carboxylic acid groups (broad SMARTS) is 1. The highest BCUT2D eigenvalue weighted by atomic mass is 16.5. The van der Waals surface area contributed by atoms with E-state index in [2.05, 4.69) is 4.90 Å². The molecule has 0 aliphatic carbocycles. The summed E-state index contributed by atoms with van der Waals surface area (Å²) in [5.74, 6) is 0.660. The number of hydrogen-bond acceptors (Lipinski definition) is 4. The first kappa shape index (κ1) is 19.3. The van der Waals surface area contributed by atoms with Crippen LogP contribution in [-0.2, 0) is 13.1 Å². The monoisotopic (exact) mass is 377 g/mol. The van der Waals surface area contributed by atoms with E-state index >= 15 is 0 Å². The highest BCUT2D eigenvalue weighted by Crippen LogP contribution is 2.26. The molecule has 0 bridgehead atoms. The molecule has 0 fully saturated rings. The second kappa shape index (κ2) is 8.95. The van der Waals surface area contributed by atoms with Gasteiger partial charge in [0.2, 0.25) is 0 Å². The molecule has 0 atom stereocenters. The molecule has 1 N–H and O–H groups in total. The quantitative estimate of drug-likeness (QED) is 0.621. The van der Waals surface area contributed by atoms with E-state index in [-0.39, 0.29) is 5.56 Å². The number of methoxy groups -OCH3 is 2. The van der Waals surface area contributed by atoms with Crippen LogP contribution < -0.4 is 14.4 Å². The van der Waals surface area contributed by atoms with Crippen LogP contribution >= 0.6 is 0 Å². The van der Waals surface area contributed by atoms with Gasteiger partial charge in [-0.25, -0.2) is 4.79 Å². The molecular formula is C23H23NO4. The lowest BCUT2D eigenvalue weighted by molar-refractivity contribution is 0.0697. The summed E-state index contributed by atoms with van der Waals surface area (Å²) in [5, 5.41) is 9.36. The summed E-state index contributed by atoms with van der Waals surface area (Å²) in [4.78, 5) is 13.5. The molecular weight excluding hydrogens is 354 g/mol. The Hall–Kier alpha value is -3.47. The SMILES string of the molecule is COc1ccc(CN(Cc2ccccc2OC)c2cccc(C(=O)O)c2)cc1. The third-order valence-electron chi connectivity index (χ3n) is 4.54. The lowest BCUT2D eigenvalue weighted by atomic mass is 10.1. The Morgan fingerprint density at radius 2 is 1.64 bits per heavy atom. The number of carbonyl (C=O) groups is 1. The van der Waals surface area contributed by atoms with Gasteiger partial charge in [0.15, 0.2) is 0 Å². The van der Waals surface area contributed by atoms with Gasteiger partial charge in [-0.15, -0.1) is 0 Å². The number of ether oxygens (including phenoxy) is 2. The zero-order valence-electron chi connectivity index (χ0n) is 16.0. The minimum absolute atomic E-state index is 0.261. The van der Waals surface area contributed by atoms with Crippen molar-refractivity contribution in [2.24, 2.45) is 0 Å². The number of anilines is 1. The van der Waals surface area contributed by atoms with E-state index in [4.69, 9.17) is 9.47 Å². The van der Waals surface area contributed by atoms with Crippen LogP contribution in [0.1, 0.15) is 21.5 Å². The summed E-state index contributed by atoms with van der Waals surface area (Å²) < 4.78 is 10.7. The summed E-state index contributed by atoms with van der Waals surface area (Å²) in [5.41, 5.74) is 3.22. The summed E-state index contributed by atoms with van der Waals surface area (Å²) in [7, 11) is 3.29. The normalized spacial score (nSPS) is 10.4. The fourth-order valence-electron chi connectivity index (χ4n) is 3.06. The predicted molar refractivity (Wildman–Crippen MR) is 109 cm³/mol. The highest BCUT2D eigenvalue weighted by Gasteiger charge is 2.14. The van der Waals surface area contributed by atoms with E-state index in [9.17, 15) is 9.90 Å². The van der Waals surface area contributed by atoms with Gasteiger partial charge in [-0.2, -0.15) is 0 Å². The molecule has 0 aliphatic heterocycles. The number of para-hydroxylation sites is 1.